The number of hydrogen-bond donors (Lipinski definition) is 0. The fourth-order valence-electron chi connectivity index (χ4n) is 5.03. The molecule has 6 heteroatoms. The average Bonchev–Trinajstić information content (AvgIpc) is 2.60. The molecule has 0 spiro atoms. The molecule has 0 aromatic rings. The lowest BCUT2D eigenvalue weighted by molar-refractivity contribution is -0.306. The van der Waals surface area contributed by atoms with Gasteiger partial charge in [-0.25, -0.2) is 13.2 Å². The third-order valence-corrected chi connectivity index (χ3v) is 6.55. The Kier molecular flexibility index (Phi) is 6.27. The molecular weight excluding hydrogens is 339 g/mol. The molecule has 0 aromatic carbocycles. The van der Waals surface area contributed by atoms with Crippen molar-refractivity contribution in [3.8, 4) is 0 Å². The van der Waals surface area contributed by atoms with Gasteiger partial charge >= 0.3 is 6.11 Å². The van der Waals surface area contributed by atoms with Crippen LogP contribution in [0.5, 0.6) is 0 Å². The van der Waals surface area contributed by atoms with Crippen LogP contribution in [0.25, 0.3) is 0 Å². The van der Waals surface area contributed by atoms with Crippen LogP contribution in [-0.4, -0.2) is 30.7 Å². The van der Waals surface area contributed by atoms with Crippen LogP contribution < -0.4 is 0 Å². The number of rotatable bonds is 4. The molecule has 2 atom stereocenters. The summed E-state index contributed by atoms with van der Waals surface area (Å²) in [6.07, 6.45) is -3.42. The Hall–Kier alpha value is -0.390. The van der Waals surface area contributed by atoms with Crippen LogP contribution in [0.2, 0.25) is 0 Å². The van der Waals surface area contributed by atoms with Gasteiger partial charge in [0.15, 0.2) is 6.17 Å². The van der Waals surface area contributed by atoms with Crippen LogP contribution in [0.4, 0.5) is 22.0 Å². The zero-order valence-electron chi connectivity index (χ0n) is 14.6. The Morgan fingerprint density at radius 1 is 0.680 bits per heavy atom. The van der Waals surface area contributed by atoms with Crippen molar-refractivity contribution in [2.45, 2.75) is 101 Å². The first-order valence-electron chi connectivity index (χ1n) is 9.84. The molecule has 0 heterocycles. The van der Waals surface area contributed by atoms with Gasteiger partial charge < -0.3 is 4.74 Å². The SMILES string of the molecule is FC1CC(OC(F)(F)C2CCC(C3CCCCC3)CC2)CC(F)C1F. The molecule has 0 N–H and O–H groups in total. The molecule has 3 rings (SSSR count). The molecule has 2 unspecified atom stereocenters. The zero-order valence-corrected chi connectivity index (χ0v) is 14.6. The Bertz CT molecular complexity index is 406. The van der Waals surface area contributed by atoms with Crippen LogP contribution in [0.1, 0.15) is 70.6 Å². The predicted molar refractivity (Wildman–Crippen MR) is 85.8 cm³/mol. The molecule has 3 saturated carbocycles. The first kappa shape index (κ1) is 19.4. The van der Waals surface area contributed by atoms with Gasteiger partial charge in [0.1, 0.15) is 12.3 Å². The summed E-state index contributed by atoms with van der Waals surface area (Å²) < 4.78 is 73.7. The van der Waals surface area contributed by atoms with Gasteiger partial charge in [-0.05, 0) is 37.5 Å². The highest BCUT2D eigenvalue weighted by molar-refractivity contribution is 4.89. The van der Waals surface area contributed by atoms with E-state index in [1.165, 1.54) is 32.1 Å². The van der Waals surface area contributed by atoms with Gasteiger partial charge in [-0.3, -0.25) is 0 Å². The maximum Gasteiger partial charge on any atom is 0.358 e. The van der Waals surface area contributed by atoms with E-state index in [-0.39, 0.29) is 0 Å². The molecule has 3 fully saturated rings. The van der Waals surface area contributed by atoms with Crippen LogP contribution in [0.3, 0.4) is 0 Å². The van der Waals surface area contributed by atoms with E-state index in [0.717, 1.165) is 12.8 Å². The summed E-state index contributed by atoms with van der Waals surface area (Å²) in [4.78, 5) is 0. The molecule has 0 aliphatic heterocycles. The molecule has 0 bridgehead atoms. The molecule has 3 aliphatic rings. The van der Waals surface area contributed by atoms with E-state index >= 15 is 0 Å². The van der Waals surface area contributed by atoms with E-state index in [4.69, 9.17) is 4.74 Å². The predicted octanol–water partition coefficient (Wildman–Crippen LogP) is 6.16. The van der Waals surface area contributed by atoms with Crippen molar-refractivity contribution in [3.63, 3.8) is 0 Å². The van der Waals surface area contributed by atoms with Crippen molar-refractivity contribution in [2.75, 3.05) is 0 Å². The summed E-state index contributed by atoms with van der Waals surface area (Å²) in [6.45, 7) is 0. The van der Waals surface area contributed by atoms with Crippen LogP contribution in [-0.2, 0) is 4.74 Å². The lowest BCUT2D eigenvalue weighted by atomic mass is 9.71. The monoisotopic (exact) mass is 368 g/mol. The summed E-state index contributed by atoms with van der Waals surface area (Å²) in [5, 5.41) is 0. The van der Waals surface area contributed by atoms with Gasteiger partial charge in [-0.15, -0.1) is 0 Å². The Balaban J connectivity index is 1.49. The molecular formula is C19H29F5O. The molecule has 25 heavy (non-hydrogen) atoms. The summed E-state index contributed by atoms with van der Waals surface area (Å²) in [5.74, 6) is 0.301. The van der Waals surface area contributed by atoms with Crippen LogP contribution in [0, 0.1) is 17.8 Å². The van der Waals surface area contributed by atoms with Crippen molar-refractivity contribution < 1.29 is 26.7 Å². The Morgan fingerprint density at radius 3 is 1.76 bits per heavy atom. The Labute approximate surface area is 146 Å². The maximum atomic E-state index is 14.5. The van der Waals surface area contributed by atoms with Crippen molar-refractivity contribution >= 4 is 0 Å². The fourth-order valence-corrected chi connectivity index (χ4v) is 5.03. The van der Waals surface area contributed by atoms with Gasteiger partial charge in [0.2, 0.25) is 0 Å². The number of ether oxygens (including phenoxy) is 1. The third kappa shape index (κ3) is 4.67. The van der Waals surface area contributed by atoms with Gasteiger partial charge in [-0.2, -0.15) is 8.78 Å². The van der Waals surface area contributed by atoms with E-state index in [2.05, 4.69) is 0 Å². The normalized spacial score (nSPS) is 41.6. The second kappa shape index (κ2) is 8.10. The smallest absolute Gasteiger partial charge is 0.317 e. The molecule has 0 aromatic heterocycles. The lowest BCUT2D eigenvalue weighted by Gasteiger charge is -2.39. The topological polar surface area (TPSA) is 9.23 Å². The van der Waals surface area contributed by atoms with Gasteiger partial charge in [0, 0.05) is 12.8 Å². The van der Waals surface area contributed by atoms with Crippen molar-refractivity contribution in [3.05, 3.63) is 0 Å². The average molecular weight is 368 g/mol. The minimum Gasteiger partial charge on any atom is -0.317 e. The van der Waals surface area contributed by atoms with Crippen LogP contribution in [0.15, 0.2) is 0 Å². The number of alkyl halides is 5. The summed E-state index contributed by atoms with van der Waals surface area (Å²) in [5.41, 5.74) is 0. The van der Waals surface area contributed by atoms with Crippen molar-refractivity contribution in [2.24, 2.45) is 17.8 Å². The second-order valence-corrected chi connectivity index (χ2v) is 8.26. The third-order valence-electron chi connectivity index (χ3n) is 6.55. The van der Waals surface area contributed by atoms with Crippen molar-refractivity contribution in [1.29, 1.82) is 0 Å². The van der Waals surface area contributed by atoms with Crippen LogP contribution >= 0.6 is 0 Å². The fraction of sp³-hybridized carbons (Fsp3) is 1.00. The first-order chi connectivity index (χ1) is 11.9. The quantitative estimate of drug-likeness (QED) is 0.540. The van der Waals surface area contributed by atoms with E-state index in [9.17, 15) is 22.0 Å². The van der Waals surface area contributed by atoms with Gasteiger partial charge in [0.05, 0.1) is 12.0 Å². The molecule has 146 valence electrons. The van der Waals surface area contributed by atoms with Gasteiger partial charge in [-0.1, -0.05) is 32.1 Å². The maximum absolute atomic E-state index is 14.5. The molecule has 0 amide bonds. The Morgan fingerprint density at radius 2 is 1.20 bits per heavy atom. The minimum atomic E-state index is -3.38. The zero-order chi connectivity index (χ0) is 18.0. The van der Waals surface area contributed by atoms with E-state index in [0.29, 0.717) is 24.7 Å². The second-order valence-electron chi connectivity index (χ2n) is 8.26. The highest BCUT2D eigenvalue weighted by Crippen LogP contribution is 2.45. The minimum absolute atomic E-state index is 0.394. The summed E-state index contributed by atoms with van der Waals surface area (Å²) in [6, 6.07) is 0. The number of halogens is 5. The molecule has 3 aliphatic carbocycles. The lowest BCUT2D eigenvalue weighted by Crippen LogP contribution is -2.45. The van der Waals surface area contributed by atoms with Gasteiger partial charge in [0.25, 0.3) is 0 Å². The molecule has 0 radical (unpaired) electrons. The molecule has 0 saturated heterocycles. The standard InChI is InChI=1S/C19H29F5O/c20-16-10-15(11-17(21)18(16)22)25-19(23,24)14-8-6-13(7-9-14)12-4-2-1-3-5-12/h12-18H,1-11H2. The summed E-state index contributed by atoms with van der Waals surface area (Å²) in [7, 11) is 0. The van der Waals surface area contributed by atoms with E-state index in [1.54, 1.807) is 0 Å². The largest absolute Gasteiger partial charge is 0.358 e. The van der Waals surface area contributed by atoms with E-state index < -0.39 is 49.5 Å². The summed E-state index contributed by atoms with van der Waals surface area (Å²) >= 11 is 0. The van der Waals surface area contributed by atoms with Crippen molar-refractivity contribution in [1.82, 2.24) is 0 Å². The highest BCUT2D eigenvalue weighted by Gasteiger charge is 2.48. The van der Waals surface area contributed by atoms with E-state index in [1.807, 2.05) is 0 Å². The molecule has 1 nitrogen and oxygen atoms in total. The first-order valence-corrected chi connectivity index (χ1v) is 9.84. The number of hydrogen-bond acceptors (Lipinski definition) is 1. The highest BCUT2D eigenvalue weighted by atomic mass is 19.3.